The largest absolute Gasteiger partial charge is 0.389 e. The number of aliphatic hydroxyl groups excluding tert-OH is 1. The number of hydrogen-bond donors (Lipinski definition) is 1. The van der Waals surface area contributed by atoms with Gasteiger partial charge in [0.2, 0.25) is 0 Å². The lowest BCUT2D eigenvalue weighted by Crippen LogP contribution is -2.48. The van der Waals surface area contributed by atoms with Crippen LogP contribution in [0, 0.1) is 5.82 Å². The number of anilines is 1. The lowest BCUT2D eigenvalue weighted by Gasteiger charge is -2.37. The molecule has 1 fully saturated rings. The molecule has 1 N–H and O–H groups in total. The Morgan fingerprint density at radius 1 is 1.24 bits per heavy atom. The average Bonchev–Trinajstić information content (AvgIpc) is 2.45. The van der Waals surface area contributed by atoms with Crippen molar-refractivity contribution in [1.82, 2.24) is 9.80 Å². The van der Waals surface area contributed by atoms with Crippen molar-refractivity contribution in [3.63, 3.8) is 0 Å². The highest BCUT2D eigenvalue weighted by Crippen LogP contribution is 2.29. The summed E-state index contributed by atoms with van der Waals surface area (Å²) in [7, 11) is 4.16. The van der Waals surface area contributed by atoms with Gasteiger partial charge in [-0.3, -0.25) is 4.90 Å². The highest BCUT2D eigenvalue weighted by Gasteiger charge is 2.22. The number of aliphatic hydroxyl groups is 1. The number of nitrogens with zero attached hydrogens (tertiary/aromatic N) is 3. The fourth-order valence-corrected chi connectivity index (χ4v) is 2.77. The summed E-state index contributed by atoms with van der Waals surface area (Å²) in [6.45, 7) is 7.43. The van der Waals surface area contributed by atoms with Gasteiger partial charge < -0.3 is 14.9 Å². The molecule has 1 atom stereocenters. The van der Waals surface area contributed by atoms with E-state index in [4.69, 9.17) is 0 Å². The SMILES string of the molecule is C[C@@H](O)c1c(F)cccc1N1CCN(CCN(C)C)CC1. The van der Waals surface area contributed by atoms with Crippen molar-refractivity contribution in [2.45, 2.75) is 13.0 Å². The lowest BCUT2D eigenvalue weighted by atomic mass is 10.1. The Morgan fingerprint density at radius 3 is 2.48 bits per heavy atom. The molecule has 1 aliphatic rings. The van der Waals surface area contributed by atoms with Crippen molar-refractivity contribution < 1.29 is 9.50 Å². The van der Waals surface area contributed by atoms with Crippen molar-refractivity contribution in [2.24, 2.45) is 0 Å². The standard InChI is InChI=1S/C16H26FN3O/c1-13(21)16-14(17)5-4-6-15(16)20-11-9-19(10-12-20)8-7-18(2)3/h4-6,13,21H,7-12H2,1-3H3/t13-/m1/s1. The normalized spacial score (nSPS) is 18.3. The summed E-state index contributed by atoms with van der Waals surface area (Å²) in [5.41, 5.74) is 1.25. The first-order chi connectivity index (χ1) is 9.99. The minimum absolute atomic E-state index is 0.322. The molecule has 1 aromatic carbocycles. The van der Waals surface area contributed by atoms with E-state index in [-0.39, 0.29) is 5.82 Å². The maximum Gasteiger partial charge on any atom is 0.131 e. The van der Waals surface area contributed by atoms with E-state index in [1.54, 1.807) is 13.0 Å². The molecule has 1 heterocycles. The molecule has 0 unspecified atom stereocenters. The fraction of sp³-hybridized carbons (Fsp3) is 0.625. The molecule has 0 aliphatic carbocycles. The average molecular weight is 295 g/mol. The van der Waals surface area contributed by atoms with E-state index in [9.17, 15) is 9.50 Å². The molecule has 1 aromatic rings. The number of piperazine rings is 1. The Morgan fingerprint density at radius 2 is 1.90 bits per heavy atom. The molecule has 1 saturated heterocycles. The van der Waals surface area contributed by atoms with Gasteiger partial charge >= 0.3 is 0 Å². The molecule has 1 aliphatic heterocycles. The number of hydrogen-bond acceptors (Lipinski definition) is 4. The smallest absolute Gasteiger partial charge is 0.131 e. The van der Waals surface area contributed by atoms with E-state index < -0.39 is 6.10 Å². The summed E-state index contributed by atoms with van der Waals surface area (Å²) in [4.78, 5) is 6.79. The Kier molecular flexibility index (Phi) is 5.56. The quantitative estimate of drug-likeness (QED) is 0.893. The van der Waals surface area contributed by atoms with Gasteiger partial charge in [0.05, 0.1) is 6.10 Å². The third-order valence-electron chi connectivity index (χ3n) is 4.02. The minimum Gasteiger partial charge on any atom is -0.389 e. The van der Waals surface area contributed by atoms with Crippen LogP contribution in [-0.4, -0.2) is 68.3 Å². The molecule has 118 valence electrons. The Balaban J connectivity index is 2.01. The van der Waals surface area contributed by atoms with Crippen LogP contribution >= 0.6 is 0 Å². The molecule has 0 amide bonds. The summed E-state index contributed by atoms with van der Waals surface area (Å²) in [5, 5.41) is 9.83. The number of rotatable bonds is 5. The Bertz CT molecular complexity index is 457. The monoisotopic (exact) mass is 295 g/mol. The van der Waals surface area contributed by atoms with Crippen molar-refractivity contribution >= 4 is 5.69 Å². The maximum atomic E-state index is 13.9. The summed E-state index contributed by atoms with van der Waals surface area (Å²) in [5.74, 6) is -0.322. The van der Waals surface area contributed by atoms with E-state index in [0.717, 1.165) is 45.0 Å². The van der Waals surface area contributed by atoms with Crippen LogP contribution in [0.3, 0.4) is 0 Å². The third kappa shape index (κ3) is 4.15. The Hall–Kier alpha value is -1.17. The van der Waals surface area contributed by atoms with Gasteiger partial charge in [-0.2, -0.15) is 0 Å². The van der Waals surface area contributed by atoms with E-state index in [2.05, 4.69) is 28.8 Å². The lowest BCUT2D eigenvalue weighted by molar-refractivity contribution is 0.193. The van der Waals surface area contributed by atoms with Crippen LogP contribution < -0.4 is 4.90 Å². The van der Waals surface area contributed by atoms with E-state index in [1.165, 1.54) is 6.07 Å². The number of halogens is 1. The molecule has 0 spiro atoms. The van der Waals surface area contributed by atoms with E-state index >= 15 is 0 Å². The van der Waals surface area contributed by atoms with E-state index in [1.807, 2.05) is 6.07 Å². The predicted octanol–water partition coefficient (Wildman–Crippen LogP) is 1.56. The van der Waals surface area contributed by atoms with Crippen LogP contribution in [0.2, 0.25) is 0 Å². The Labute approximate surface area is 126 Å². The van der Waals surface area contributed by atoms with Gasteiger partial charge in [0, 0.05) is 50.5 Å². The van der Waals surface area contributed by atoms with Crippen molar-refractivity contribution in [1.29, 1.82) is 0 Å². The molecule has 5 heteroatoms. The van der Waals surface area contributed by atoms with Crippen LogP contribution in [-0.2, 0) is 0 Å². The molecule has 0 saturated carbocycles. The fourth-order valence-electron chi connectivity index (χ4n) is 2.77. The molecule has 4 nitrogen and oxygen atoms in total. The second-order valence-electron chi connectivity index (χ2n) is 5.98. The zero-order valence-electron chi connectivity index (χ0n) is 13.2. The van der Waals surface area contributed by atoms with Gasteiger partial charge in [0.25, 0.3) is 0 Å². The van der Waals surface area contributed by atoms with Crippen LogP contribution in [0.25, 0.3) is 0 Å². The predicted molar refractivity (Wildman–Crippen MR) is 84.2 cm³/mol. The number of benzene rings is 1. The number of likely N-dealkylation sites (N-methyl/N-ethyl adjacent to an activating group) is 1. The summed E-state index contributed by atoms with van der Waals surface area (Å²) >= 11 is 0. The highest BCUT2D eigenvalue weighted by atomic mass is 19.1. The molecule has 21 heavy (non-hydrogen) atoms. The van der Waals surface area contributed by atoms with Gasteiger partial charge in [0.1, 0.15) is 5.82 Å². The molecular weight excluding hydrogens is 269 g/mol. The van der Waals surface area contributed by atoms with Gasteiger partial charge in [-0.05, 0) is 33.2 Å². The third-order valence-corrected chi connectivity index (χ3v) is 4.02. The highest BCUT2D eigenvalue weighted by molar-refractivity contribution is 5.55. The van der Waals surface area contributed by atoms with Gasteiger partial charge in [-0.1, -0.05) is 6.07 Å². The van der Waals surface area contributed by atoms with Crippen molar-refractivity contribution in [3.8, 4) is 0 Å². The first-order valence-electron chi connectivity index (χ1n) is 7.57. The van der Waals surface area contributed by atoms with E-state index in [0.29, 0.717) is 5.56 Å². The molecule has 0 aromatic heterocycles. The van der Waals surface area contributed by atoms with Gasteiger partial charge in [-0.25, -0.2) is 4.39 Å². The zero-order chi connectivity index (χ0) is 15.4. The van der Waals surface area contributed by atoms with Crippen LogP contribution in [0.4, 0.5) is 10.1 Å². The van der Waals surface area contributed by atoms with Crippen molar-refractivity contribution in [2.75, 3.05) is 58.3 Å². The second kappa shape index (κ2) is 7.20. The minimum atomic E-state index is -0.784. The van der Waals surface area contributed by atoms with Crippen LogP contribution in [0.5, 0.6) is 0 Å². The summed E-state index contributed by atoms with van der Waals surface area (Å²) < 4.78 is 13.9. The molecular formula is C16H26FN3O. The first kappa shape index (κ1) is 16.2. The van der Waals surface area contributed by atoms with Crippen molar-refractivity contribution in [3.05, 3.63) is 29.6 Å². The van der Waals surface area contributed by atoms with Crippen LogP contribution in [0.15, 0.2) is 18.2 Å². The summed E-state index contributed by atoms with van der Waals surface area (Å²) in [6.07, 6.45) is -0.784. The van der Waals surface area contributed by atoms with Gasteiger partial charge in [0.15, 0.2) is 0 Å². The second-order valence-corrected chi connectivity index (χ2v) is 5.98. The first-order valence-corrected chi connectivity index (χ1v) is 7.57. The molecule has 0 bridgehead atoms. The molecule has 0 radical (unpaired) electrons. The molecule has 2 rings (SSSR count). The summed E-state index contributed by atoms with van der Waals surface area (Å²) in [6, 6.07) is 5.04. The topological polar surface area (TPSA) is 30.0 Å². The van der Waals surface area contributed by atoms with Gasteiger partial charge in [-0.15, -0.1) is 0 Å². The zero-order valence-corrected chi connectivity index (χ0v) is 13.2. The van der Waals surface area contributed by atoms with Crippen LogP contribution in [0.1, 0.15) is 18.6 Å². The maximum absolute atomic E-state index is 13.9.